The molecule has 3 rings (SSSR count). The summed E-state index contributed by atoms with van der Waals surface area (Å²) in [5.41, 5.74) is 3.66. The maximum absolute atomic E-state index is 13.4. The van der Waals surface area contributed by atoms with Crippen molar-refractivity contribution in [2.75, 3.05) is 5.32 Å². The van der Waals surface area contributed by atoms with Crippen LogP contribution >= 0.6 is 11.6 Å². The zero-order valence-corrected chi connectivity index (χ0v) is 16.2. The van der Waals surface area contributed by atoms with E-state index in [9.17, 15) is 9.18 Å². The molecule has 0 aliphatic carbocycles. The molecule has 0 saturated heterocycles. The van der Waals surface area contributed by atoms with Crippen molar-refractivity contribution < 1.29 is 9.18 Å². The van der Waals surface area contributed by atoms with Crippen LogP contribution in [-0.2, 0) is 4.79 Å². The number of carbonyl (C=O) groups is 1. The standard InChI is InChI=1S/C21H21ClFN3O/c1-4-14-11-24-20(15-6-7-18(23)17(22)9-15)10-16(14)21(27)26-19-8-5-12(2)25-13(19)3/h5-11,14,16H,4H2,1-3H3,(H,26,27). The Morgan fingerprint density at radius 3 is 2.70 bits per heavy atom. The van der Waals surface area contributed by atoms with Crippen LogP contribution in [0.3, 0.4) is 0 Å². The Kier molecular flexibility index (Phi) is 5.71. The van der Waals surface area contributed by atoms with Gasteiger partial charge in [-0.2, -0.15) is 0 Å². The van der Waals surface area contributed by atoms with Gasteiger partial charge in [-0.1, -0.05) is 18.5 Å². The van der Waals surface area contributed by atoms with Gasteiger partial charge in [0.1, 0.15) is 5.82 Å². The second-order valence-electron chi connectivity index (χ2n) is 6.63. The first-order chi connectivity index (χ1) is 12.9. The summed E-state index contributed by atoms with van der Waals surface area (Å²) in [4.78, 5) is 21.8. The highest BCUT2D eigenvalue weighted by atomic mass is 35.5. The predicted octanol–water partition coefficient (Wildman–Crippen LogP) is 5.20. The number of nitrogens with zero attached hydrogens (tertiary/aromatic N) is 2. The summed E-state index contributed by atoms with van der Waals surface area (Å²) in [5, 5.41) is 3.00. The van der Waals surface area contributed by atoms with Gasteiger partial charge in [0.25, 0.3) is 0 Å². The van der Waals surface area contributed by atoms with Crippen LogP contribution in [0.2, 0.25) is 5.02 Å². The fraction of sp³-hybridized carbons (Fsp3) is 0.286. The third-order valence-electron chi connectivity index (χ3n) is 4.68. The monoisotopic (exact) mass is 385 g/mol. The van der Waals surface area contributed by atoms with Gasteiger partial charge in [0.15, 0.2) is 0 Å². The average molecular weight is 386 g/mol. The van der Waals surface area contributed by atoms with Crippen LogP contribution in [0.1, 0.15) is 30.3 Å². The van der Waals surface area contributed by atoms with Gasteiger partial charge in [-0.15, -0.1) is 0 Å². The molecule has 2 unspecified atom stereocenters. The van der Waals surface area contributed by atoms with Gasteiger partial charge in [0, 0.05) is 23.4 Å². The molecular weight excluding hydrogens is 365 g/mol. The molecule has 2 heterocycles. The number of hydrogen-bond donors (Lipinski definition) is 1. The van der Waals surface area contributed by atoms with E-state index in [1.807, 2.05) is 39.0 Å². The Morgan fingerprint density at radius 1 is 1.26 bits per heavy atom. The first-order valence-electron chi connectivity index (χ1n) is 8.85. The number of aliphatic imine (C=N–C) groups is 1. The summed E-state index contributed by atoms with van der Waals surface area (Å²) in [5.74, 6) is -0.994. The third kappa shape index (κ3) is 4.25. The lowest BCUT2D eigenvalue weighted by molar-refractivity contribution is -0.119. The number of rotatable bonds is 4. The quantitative estimate of drug-likeness (QED) is 0.786. The number of anilines is 1. The Bertz CT molecular complexity index is 939. The molecule has 1 aliphatic heterocycles. The molecule has 1 amide bonds. The van der Waals surface area contributed by atoms with Gasteiger partial charge in [0.05, 0.1) is 28.0 Å². The van der Waals surface area contributed by atoms with Crippen molar-refractivity contribution in [3.63, 3.8) is 0 Å². The lowest BCUT2D eigenvalue weighted by Crippen LogP contribution is -2.30. The number of aryl methyl sites for hydroxylation is 2. The van der Waals surface area contributed by atoms with Gasteiger partial charge in [-0.3, -0.25) is 14.8 Å². The van der Waals surface area contributed by atoms with E-state index in [0.717, 1.165) is 17.8 Å². The number of aromatic nitrogens is 1. The van der Waals surface area contributed by atoms with Gasteiger partial charge >= 0.3 is 0 Å². The number of halogens is 2. The zero-order chi connectivity index (χ0) is 19.6. The lowest BCUT2D eigenvalue weighted by atomic mass is 9.86. The minimum Gasteiger partial charge on any atom is -0.324 e. The second kappa shape index (κ2) is 8.01. The largest absolute Gasteiger partial charge is 0.324 e. The summed E-state index contributed by atoms with van der Waals surface area (Å²) in [7, 11) is 0. The topological polar surface area (TPSA) is 54.4 Å². The van der Waals surface area contributed by atoms with Gasteiger partial charge in [-0.05, 0) is 56.7 Å². The molecule has 0 saturated carbocycles. The molecule has 1 aromatic carbocycles. The molecule has 0 spiro atoms. The van der Waals surface area contributed by atoms with Crippen molar-refractivity contribution in [3.05, 3.63) is 64.2 Å². The van der Waals surface area contributed by atoms with Crippen molar-refractivity contribution in [2.24, 2.45) is 16.8 Å². The molecule has 2 aromatic rings. The highest BCUT2D eigenvalue weighted by Crippen LogP contribution is 2.30. The number of pyridine rings is 1. The lowest BCUT2D eigenvalue weighted by Gasteiger charge is -2.24. The molecule has 1 aliphatic rings. The number of amides is 1. The van der Waals surface area contributed by atoms with Crippen LogP contribution in [0.15, 0.2) is 41.4 Å². The third-order valence-corrected chi connectivity index (χ3v) is 4.97. The van der Waals surface area contributed by atoms with E-state index in [1.165, 1.54) is 12.1 Å². The molecule has 27 heavy (non-hydrogen) atoms. The molecule has 4 nitrogen and oxygen atoms in total. The molecule has 2 atom stereocenters. The predicted molar refractivity (Wildman–Crippen MR) is 107 cm³/mol. The van der Waals surface area contributed by atoms with Gasteiger partial charge in [0.2, 0.25) is 5.91 Å². The molecule has 1 aromatic heterocycles. The van der Waals surface area contributed by atoms with Crippen molar-refractivity contribution >= 4 is 35.1 Å². The number of nitrogens with one attached hydrogen (secondary N) is 1. The summed E-state index contributed by atoms with van der Waals surface area (Å²) in [6.45, 7) is 5.79. The summed E-state index contributed by atoms with van der Waals surface area (Å²) in [6, 6.07) is 8.16. The van der Waals surface area contributed by atoms with E-state index in [-0.39, 0.29) is 22.8 Å². The van der Waals surface area contributed by atoms with Crippen molar-refractivity contribution in [1.29, 1.82) is 0 Å². The molecule has 0 fully saturated rings. The summed E-state index contributed by atoms with van der Waals surface area (Å²) in [6.07, 6.45) is 4.39. The van der Waals surface area contributed by atoms with E-state index in [0.29, 0.717) is 16.9 Å². The number of benzene rings is 1. The van der Waals surface area contributed by atoms with Gasteiger partial charge in [-0.25, -0.2) is 4.39 Å². The maximum Gasteiger partial charge on any atom is 0.232 e. The Hall–Kier alpha value is -2.53. The zero-order valence-electron chi connectivity index (χ0n) is 15.5. The highest BCUT2D eigenvalue weighted by molar-refractivity contribution is 6.30. The van der Waals surface area contributed by atoms with E-state index in [4.69, 9.17) is 11.6 Å². The van der Waals surface area contributed by atoms with Crippen LogP contribution < -0.4 is 5.32 Å². The fourth-order valence-corrected chi connectivity index (χ4v) is 3.28. The maximum atomic E-state index is 13.4. The minimum atomic E-state index is -0.483. The van der Waals surface area contributed by atoms with Crippen LogP contribution in [0, 0.1) is 31.5 Å². The van der Waals surface area contributed by atoms with E-state index in [2.05, 4.69) is 15.3 Å². The molecule has 0 bridgehead atoms. The molecule has 140 valence electrons. The summed E-state index contributed by atoms with van der Waals surface area (Å²) < 4.78 is 13.4. The first kappa shape index (κ1) is 19.2. The molecule has 0 radical (unpaired) electrons. The van der Waals surface area contributed by atoms with Crippen molar-refractivity contribution in [1.82, 2.24) is 4.98 Å². The van der Waals surface area contributed by atoms with Crippen LogP contribution in [0.5, 0.6) is 0 Å². The molecular formula is C21H21ClFN3O. The normalized spacial score (nSPS) is 18.9. The van der Waals surface area contributed by atoms with E-state index < -0.39 is 5.82 Å². The number of carbonyl (C=O) groups excluding carboxylic acids is 1. The minimum absolute atomic E-state index is 0.0108. The van der Waals surface area contributed by atoms with Crippen LogP contribution in [0.4, 0.5) is 10.1 Å². The van der Waals surface area contributed by atoms with Crippen LogP contribution in [0.25, 0.3) is 5.70 Å². The van der Waals surface area contributed by atoms with E-state index >= 15 is 0 Å². The Morgan fingerprint density at radius 2 is 2.04 bits per heavy atom. The second-order valence-corrected chi connectivity index (χ2v) is 7.04. The van der Waals surface area contributed by atoms with E-state index in [1.54, 1.807) is 12.3 Å². The first-order valence-corrected chi connectivity index (χ1v) is 9.23. The SMILES string of the molecule is CCC1C=NC(c2ccc(F)c(Cl)c2)=CC1C(=O)Nc1ccc(C)nc1C. The Labute approximate surface area is 163 Å². The highest BCUT2D eigenvalue weighted by Gasteiger charge is 2.28. The van der Waals surface area contributed by atoms with Crippen LogP contribution in [-0.4, -0.2) is 17.1 Å². The van der Waals surface area contributed by atoms with Gasteiger partial charge < -0.3 is 5.32 Å². The Balaban J connectivity index is 1.88. The smallest absolute Gasteiger partial charge is 0.232 e. The number of hydrogen-bond acceptors (Lipinski definition) is 3. The van der Waals surface area contributed by atoms with Crippen molar-refractivity contribution in [2.45, 2.75) is 27.2 Å². The summed E-state index contributed by atoms with van der Waals surface area (Å²) >= 11 is 5.89. The molecule has 1 N–H and O–H groups in total. The fourth-order valence-electron chi connectivity index (χ4n) is 3.10. The van der Waals surface area contributed by atoms with Crippen molar-refractivity contribution in [3.8, 4) is 0 Å². The molecule has 6 heteroatoms. The average Bonchev–Trinajstić information content (AvgIpc) is 2.65.